The van der Waals surface area contributed by atoms with E-state index in [9.17, 15) is 18.0 Å². The van der Waals surface area contributed by atoms with Gasteiger partial charge < -0.3 is 14.8 Å². The summed E-state index contributed by atoms with van der Waals surface area (Å²) in [7, 11) is 1.54. The highest BCUT2D eigenvalue weighted by Crippen LogP contribution is 2.25. The summed E-state index contributed by atoms with van der Waals surface area (Å²) in [5, 5.41) is 3.37. The third-order valence-corrected chi connectivity index (χ3v) is 3.80. The van der Waals surface area contributed by atoms with Gasteiger partial charge in [0.15, 0.2) is 0 Å². The lowest BCUT2D eigenvalue weighted by molar-refractivity contribution is -0.274. The molecule has 8 heteroatoms. The number of hydrogen-bond acceptors (Lipinski definition) is 4. The normalized spacial score (nSPS) is 11.3. The maximum absolute atomic E-state index is 12.6. The molecule has 27 heavy (non-hydrogen) atoms. The number of anilines is 1. The lowest BCUT2D eigenvalue weighted by Crippen LogP contribution is -2.17. The van der Waals surface area contributed by atoms with Crippen molar-refractivity contribution in [3.8, 4) is 11.5 Å². The molecule has 3 aromatic rings. The van der Waals surface area contributed by atoms with Crippen LogP contribution in [-0.2, 0) is 0 Å². The van der Waals surface area contributed by atoms with Gasteiger partial charge in [-0.1, -0.05) is 0 Å². The van der Waals surface area contributed by atoms with Crippen LogP contribution in [0, 0.1) is 6.92 Å². The van der Waals surface area contributed by atoms with Crippen molar-refractivity contribution in [1.82, 2.24) is 4.98 Å². The lowest BCUT2D eigenvalue weighted by atomic mass is 10.1. The number of carbonyl (C=O) groups is 1. The van der Waals surface area contributed by atoms with E-state index >= 15 is 0 Å². The van der Waals surface area contributed by atoms with Crippen LogP contribution in [0.15, 0.2) is 48.5 Å². The number of hydrogen-bond donors (Lipinski definition) is 1. The van der Waals surface area contributed by atoms with Crippen LogP contribution >= 0.6 is 0 Å². The van der Waals surface area contributed by atoms with E-state index in [1.165, 1.54) is 12.1 Å². The number of halogens is 3. The first-order valence-electron chi connectivity index (χ1n) is 7.88. The predicted octanol–water partition coefficient (Wildman–Crippen LogP) is 4.70. The van der Waals surface area contributed by atoms with Crippen molar-refractivity contribution >= 4 is 22.5 Å². The number of fused-ring (bicyclic) bond motifs is 1. The summed E-state index contributed by atoms with van der Waals surface area (Å²) >= 11 is 0. The van der Waals surface area contributed by atoms with Crippen LogP contribution in [0.25, 0.3) is 10.9 Å². The Labute approximate surface area is 152 Å². The standard InChI is InChI=1S/C19H15F3N2O3/c1-11-16(10-12-9-15(26-2)7-8-17(12)23-11)18(25)24-13-3-5-14(6-4-13)27-19(20,21)22/h3-10H,1-2H3,(H,24,25). The number of carbonyl (C=O) groups excluding carboxylic acids is 1. The molecule has 0 aliphatic carbocycles. The third kappa shape index (κ3) is 4.46. The minimum atomic E-state index is -4.76. The molecule has 0 saturated carbocycles. The Balaban J connectivity index is 1.82. The second-order valence-corrected chi connectivity index (χ2v) is 5.71. The number of nitrogens with zero attached hydrogens (tertiary/aromatic N) is 1. The maximum atomic E-state index is 12.6. The fourth-order valence-corrected chi connectivity index (χ4v) is 2.55. The van der Waals surface area contributed by atoms with Gasteiger partial charge in [0.2, 0.25) is 0 Å². The molecule has 0 aliphatic rings. The molecule has 2 aromatic carbocycles. The molecular weight excluding hydrogens is 361 g/mol. The first kappa shape index (κ1) is 18.5. The van der Waals surface area contributed by atoms with Crippen molar-refractivity contribution in [1.29, 1.82) is 0 Å². The van der Waals surface area contributed by atoms with Gasteiger partial charge in [-0.25, -0.2) is 0 Å². The quantitative estimate of drug-likeness (QED) is 0.717. The average Bonchev–Trinajstić information content (AvgIpc) is 2.61. The number of aryl methyl sites for hydroxylation is 1. The van der Waals surface area contributed by atoms with Crippen LogP contribution in [0.2, 0.25) is 0 Å². The highest BCUT2D eigenvalue weighted by molar-refractivity contribution is 6.06. The summed E-state index contributed by atoms with van der Waals surface area (Å²) in [6, 6.07) is 11.9. The molecule has 0 atom stereocenters. The highest BCUT2D eigenvalue weighted by Gasteiger charge is 2.31. The van der Waals surface area contributed by atoms with Gasteiger partial charge in [-0.05, 0) is 55.5 Å². The Morgan fingerprint density at radius 3 is 2.33 bits per heavy atom. The van der Waals surface area contributed by atoms with Crippen molar-refractivity contribution < 1.29 is 27.4 Å². The number of amides is 1. The largest absolute Gasteiger partial charge is 0.573 e. The molecule has 0 bridgehead atoms. The monoisotopic (exact) mass is 376 g/mol. The fraction of sp³-hybridized carbons (Fsp3) is 0.158. The van der Waals surface area contributed by atoms with Crippen molar-refractivity contribution in [2.75, 3.05) is 12.4 Å². The summed E-state index contributed by atoms with van der Waals surface area (Å²) in [5.41, 5.74) is 1.94. The average molecular weight is 376 g/mol. The van der Waals surface area contributed by atoms with Gasteiger partial charge in [0, 0.05) is 11.1 Å². The molecule has 5 nitrogen and oxygen atoms in total. The smallest absolute Gasteiger partial charge is 0.497 e. The van der Waals surface area contributed by atoms with Gasteiger partial charge in [-0.2, -0.15) is 0 Å². The summed E-state index contributed by atoms with van der Waals surface area (Å²) in [6.45, 7) is 1.71. The fourth-order valence-electron chi connectivity index (χ4n) is 2.55. The van der Waals surface area contributed by atoms with Gasteiger partial charge in [-0.15, -0.1) is 13.2 Å². The Morgan fingerprint density at radius 1 is 1.04 bits per heavy atom. The van der Waals surface area contributed by atoms with Crippen LogP contribution in [0.4, 0.5) is 18.9 Å². The first-order valence-corrected chi connectivity index (χ1v) is 7.88. The van der Waals surface area contributed by atoms with Crippen molar-refractivity contribution in [3.05, 3.63) is 59.8 Å². The van der Waals surface area contributed by atoms with E-state index in [1.807, 2.05) is 0 Å². The number of alkyl halides is 3. The number of benzene rings is 2. The third-order valence-electron chi connectivity index (χ3n) is 3.80. The van der Waals surface area contributed by atoms with Gasteiger partial charge in [0.05, 0.1) is 23.9 Å². The van der Waals surface area contributed by atoms with E-state index in [4.69, 9.17) is 4.74 Å². The van der Waals surface area contributed by atoms with E-state index in [-0.39, 0.29) is 5.75 Å². The van der Waals surface area contributed by atoms with Crippen LogP contribution in [0.5, 0.6) is 11.5 Å². The van der Waals surface area contributed by atoms with E-state index in [2.05, 4.69) is 15.0 Å². The minimum absolute atomic E-state index is 0.333. The lowest BCUT2D eigenvalue weighted by Gasteiger charge is -2.11. The predicted molar refractivity (Wildman–Crippen MR) is 94.1 cm³/mol. The molecule has 3 rings (SSSR count). The van der Waals surface area contributed by atoms with Crippen LogP contribution < -0.4 is 14.8 Å². The van der Waals surface area contributed by atoms with E-state index in [0.29, 0.717) is 22.7 Å². The highest BCUT2D eigenvalue weighted by atomic mass is 19.4. The van der Waals surface area contributed by atoms with E-state index in [0.717, 1.165) is 23.0 Å². The van der Waals surface area contributed by atoms with Gasteiger partial charge in [-0.3, -0.25) is 9.78 Å². The Morgan fingerprint density at radius 2 is 1.70 bits per heavy atom. The second kappa shape index (κ2) is 7.14. The number of methoxy groups -OCH3 is 1. The molecule has 1 aromatic heterocycles. The molecule has 0 spiro atoms. The first-order chi connectivity index (χ1) is 12.7. The number of ether oxygens (including phenoxy) is 2. The van der Waals surface area contributed by atoms with Gasteiger partial charge in [0.25, 0.3) is 5.91 Å². The molecular formula is C19H15F3N2O3. The number of aromatic nitrogens is 1. The molecule has 0 unspecified atom stereocenters. The Kier molecular flexibility index (Phi) is 4.89. The minimum Gasteiger partial charge on any atom is -0.497 e. The number of rotatable bonds is 4. The molecule has 0 saturated heterocycles. The zero-order valence-electron chi connectivity index (χ0n) is 14.4. The number of pyridine rings is 1. The topological polar surface area (TPSA) is 60.5 Å². The summed E-state index contributed by atoms with van der Waals surface area (Å²) < 4.78 is 45.5. The number of nitrogens with one attached hydrogen (secondary N) is 1. The molecule has 140 valence electrons. The SMILES string of the molecule is COc1ccc2nc(C)c(C(=O)Nc3ccc(OC(F)(F)F)cc3)cc2c1. The maximum Gasteiger partial charge on any atom is 0.573 e. The van der Waals surface area contributed by atoms with E-state index < -0.39 is 12.3 Å². The van der Waals surface area contributed by atoms with Crippen LogP contribution in [0.3, 0.4) is 0 Å². The van der Waals surface area contributed by atoms with Crippen molar-refractivity contribution in [3.63, 3.8) is 0 Å². The second-order valence-electron chi connectivity index (χ2n) is 5.71. The van der Waals surface area contributed by atoms with E-state index in [1.54, 1.807) is 38.3 Å². The molecule has 1 heterocycles. The molecule has 0 aliphatic heterocycles. The van der Waals surface area contributed by atoms with Crippen LogP contribution in [-0.4, -0.2) is 24.4 Å². The zero-order chi connectivity index (χ0) is 19.6. The van der Waals surface area contributed by atoms with Crippen molar-refractivity contribution in [2.24, 2.45) is 0 Å². The van der Waals surface area contributed by atoms with Crippen LogP contribution in [0.1, 0.15) is 16.1 Å². The van der Waals surface area contributed by atoms with Crippen molar-refractivity contribution in [2.45, 2.75) is 13.3 Å². The molecule has 0 fully saturated rings. The molecule has 1 amide bonds. The summed E-state index contributed by atoms with van der Waals surface area (Å²) in [5.74, 6) is -0.148. The zero-order valence-corrected chi connectivity index (χ0v) is 14.4. The Hall–Kier alpha value is -3.29. The molecule has 1 N–H and O–H groups in total. The Bertz CT molecular complexity index is 986. The van der Waals surface area contributed by atoms with Gasteiger partial charge >= 0.3 is 6.36 Å². The summed E-state index contributed by atoms with van der Waals surface area (Å²) in [6.07, 6.45) is -4.76. The molecule has 0 radical (unpaired) electrons. The summed E-state index contributed by atoms with van der Waals surface area (Å²) in [4.78, 5) is 17.0. The van der Waals surface area contributed by atoms with Gasteiger partial charge in [0.1, 0.15) is 11.5 Å².